The van der Waals surface area contributed by atoms with Crippen LogP contribution in [-0.4, -0.2) is 97.6 Å². The van der Waals surface area contributed by atoms with E-state index in [1.54, 1.807) is 0 Å². The molecule has 4 atom stereocenters. The molecule has 0 radical (unpaired) electrons. The molecule has 0 aromatic heterocycles. The summed E-state index contributed by atoms with van der Waals surface area (Å²) in [5.74, 6) is -25.4. The van der Waals surface area contributed by atoms with Crippen LogP contribution in [0.1, 0.15) is 32.1 Å². The molecule has 1 N–H and O–H groups in total. The Balaban J connectivity index is 1.59. The third-order valence-electron chi connectivity index (χ3n) is 8.46. The van der Waals surface area contributed by atoms with Crippen LogP contribution >= 0.6 is 0 Å². The van der Waals surface area contributed by atoms with Crippen molar-refractivity contribution >= 4 is 28.0 Å². The fourth-order valence-electron chi connectivity index (χ4n) is 6.47. The molecule has 4 unspecified atom stereocenters. The lowest BCUT2D eigenvalue weighted by Crippen LogP contribution is -2.70. The van der Waals surface area contributed by atoms with Crippen molar-refractivity contribution in [1.82, 2.24) is 0 Å². The lowest BCUT2D eigenvalue weighted by Gasteiger charge is -2.64. The highest BCUT2D eigenvalue weighted by Crippen LogP contribution is 2.64. The summed E-state index contributed by atoms with van der Waals surface area (Å²) in [5, 5.41) is -5.39. The standard InChI is InChI=1S/C23H22F12O11S/c24-18(25,22(30,31)32)7-42-14(36)12-6-44-20(45-13(12)15(37)43-8-19(26,27)23(33,34)35)10-1-9-2-11(20)5-17(3-9,4-10)46-16(38)21(28,29)47(39,40)41/h9-13H,1-8H2,(H,39,40,41). The topological polar surface area (TPSA) is 152 Å². The average molecular weight is 734 g/mol. The number of carbonyl (C=O) groups is 3. The van der Waals surface area contributed by atoms with Gasteiger partial charge in [0.15, 0.2) is 25.1 Å². The van der Waals surface area contributed by atoms with Gasteiger partial charge in [0.1, 0.15) is 11.5 Å². The zero-order valence-electron chi connectivity index (χ0n) is 23.0. The number of hydrogen-bond donors (Lipinski definition) is 1. The predicted octanol–water partition coefficient (Wildman–Crippen LogP) is 3.80. The molecular formula is C23H22F12O11S. The monoisotopic (exact) mass is 734 g/mol. The number of rotatable bonds is 9. The van der Waals surface area contributed by atoms with Crippen molar-refractivity contribution in [3.05, 3.63) is 0 Å². The van der Waals surface area contributed by atoms with E-state index in [9.17, 15) is 75.5 Å². The van der Waals surface area contributed by atoms with E-state index in [4.69, 9.17) is 18.8 Å². The van der Waals surface area contributed by atoms with Gasteiger partial charge >= 0.3 is 57.5 Å². The normalized spacial score (nSPS) is 33.1. The summed E-state index contributed by atoms with van der Waals surface area (Å²) in [7, 11) is -6.28. The Morgan fingerprint density at radius 2 is 1.23 bits per heavy atom. The van der Waals surface area contributed by atoms with Gasteiger partial charge in [0.2, 0.25) is 0 Å². The first-order valence-corrected chi connectivity index (χ1v) is 14.6. The van der Waals surface area contributed by atoms with Crippen LogP contribution in [-0.2, 0) is 48.2 Å². The second-order valence-corrected chi connectivity index (χ2v) is 13.2. The van der Waals surface area contributed by atoms with E-state index in [1.165, 1.54) is 0 Å². The first kappa shape index (κ1) is 37.2. The zero-order valence-corrected chi connectivity index (χ0v) is 23.8. The maximum Gasteiger partial charge on any atom is 0.465 e. The van der Waals surface area contributed by atoms with Crippen LogP contribution in [0.3, 0.4) is 0 Å². The Morgan fingerprint density at radius 1 is 0.766 bits per heavy atom. The number of ether oxygens (including phenoxy) is 5. The van der Waals surface area contributed by atoms with Gasteiger partial charge in [-0.1, -0.05) is 0 Å². The molecule has 0 aromatic carbocycles. The van der Waals surface area contributed by atoms with Crippen LogP contribution in [0.15, 0.2) is 0 Å². The van der Waals surface area contributed by atoms with E-state index in [1.807, 2.05) is 0 Å². The molecule has 4 saturated carbocycles. The molecule has 11 nitrogen and oxygen atoms in total. The summed E-state index contributed by atoms with van der Waals surface area (Å²) >= 11 is 0. The molecule has 47 heavy (non-hydrogen) atoms. The minimum absolute atomic E-state index is 0.0192. The van der Waals surface area contributed by atoms with E-state index in [0.717, 1.165) is 0 Å². The van der Waals surface area contributed by atoms with E-state index >= 15 is 0 Å². The van der Waals surface area contributed by atoms with E-state index in [0.29, 0.717) is 0 Å². The maximum atomic E-state index is 14.0. The highest BCUT2D eigenvalue weighted by molar-refractivity contribution is 7.87. The zero-order chi connectivity index (χ0) is 35.8. The molecule has 0 aromatic rings. The van der Waals surface area contributed by atoms with Crippen molar-refractivity contribution in [3.8, 4) is 0 Å². The molecule has 1 saturated heterocycles. The molecule has 24 heteroatoms. The number of halogens is 12. The van der Waals surface area contributed by atoms with Gasteiger partial charge in [-0.2, -0.15) is 61.1 Å². The highest BCUT2D eigenvalue weighted by Gasteiger charge is 2.70. The van der Waals surface area contributed by atoms with Crippen LogP contribution < -0.4 is 0 Å². The van der Waals surface area contributed by atoms with Crippen LogP contribution in [0.25, 0.3) is 0 Å². The maximum absolute atomic E-state index is 14.0. The summed E-state index contributed by atoms with van der Waals surface area (Å²) in [5.41, 5.74) is -1.84. The van der Waals surface area contributed by atoms with Crippen LogP contribution in [0.4, 0.5) is 52.7 Å². The molecule has 5 fully saturated rings. The van der Waals surface area contributed by atoms with Crippen molar-refractivity contribution < 1.29 is 104 Å². The van der Waals surface area contributed by atoms with Gasteiger partial charge in [-0.3, -0.25) is 9.35 Å². The first-order chi connectivity index (χ1) is 21.1. The molecule has 1 heterocycles. The third kappa shape index (κ3) is 6.70. The Labute approximate surface area is 254 Å². The van der Waals surface area contributed by atoms with Crippen molar-refractivity contribution in [2.24, 2.45) is 23.7 Å². The molecule has 1 aliphatic heterocycles. The molecule has 5 rings (SSSR count). The van der Waals surface area contributed by atoms with Gasteiger partial charge in [0.05, 0.1) is 6.61 Å². The number of hydrogen-bond acceptors (Lipinski definition) is 10. The van der Waals surface area contributed by atoms with Crippen molar-refractivity contribution in [3.63, 3.8) is 0 Å². The number of carbonyl (C=O) groups excluding carboxylic acids is 3. The molecule has 1 spiro atoms. The number of esters is 3. The van der Waals surface area contributed by atoms with Gasteiger partial charge in [-0.05, 0) is 38.0 Å². The smallest absolute Gasteiger partial charge is 0.459 e. The van der Waals surface area contributed by atoms with Crippen LogP contribution in [0.5, 0.6) is 0 Å². The summed E-state index contributed by atoms with van der Waals surface area (Å²) in [4.78, 5) is 37.4. The molecule has 5 aliphatic rings. The van der Waals surface area contributed by atoms with E-state index < -0.39 is 131 Å². The summed E-state index contributed by atoms with van der Waals surface area (Å²) in [6.07, 6.45) is -16.1. The molecule has 4 bridgehead atoms. The van der Waals surface area contributed by atoms with Gasteiger partial charge in [0, 0.05) is 11.8 Å². The molecular weight excluding hydrogens is 712 g/mol. The summed E-state index contributed by atoms with van der Waals surface area (Å²) in [6, 6.07) is 0. The lowest BCUT2D eigenvalue weighted by molar-refractivity contribution is -0.394. The quantitative estimate of drug-likeness (QED) is 0.160. The minimum Gasteiger partial charge on any atom is -0.459 e. The molecule has 4 aliphatic carbocycles. The van der Waals surface area contributed by atoms with Gasteiger partial charge in [-0.25, -0.2) is 9.59 Å². The predicted molar refractivity (Wildman–Crippen MR) is 120 cm³/mol. The second-order valence-electron chi connectivity index (χ2n) is 11.7. The Kier molecular flexibility index (Phi) is 9.10. The van der Waals surface area contributed by atoms with Crippen LogP contribution in [0.2, 0.25) is 0 Å². The van der Waals surface area contributed by atoms with Gasteiger partial charge < -0.3 is 23.7 Å². The average Bonchev–Trinajstić information content (AvgIpc) is 2.91. The molecule has 0 amide bonds. The van der Waals surface area contributed by atoms with Crippen molar-refractivity contribution in [2.75, 3.05) is 19.8 Å². The van der Waals surface area contributed by atoms with Gasteiger partial charge in [-0.15, -0.1) is 0 Å². The summed E-state index contributed by atoms with van der Waals surface area (Å²) in [6.45, 7) is -6.47. The SMILES string of the molecule is O=C(OCC(F)(F)C(F)(F)F)C1COC2(OC1C(=O)OCC(F)(F)C(F)(F)F)C1CC3CC2CC(OC(=O)C(F)(F)S(=O)(=O)O)(C3)C1. The Bertz CT molecular complexity index is 1360. The van der Waals surface area contributed by atoms with Crippen molar-refractivity contribution in [2.45, 2.75) is 79.0 Å². The Morgan fingerprint density at radius 3 is 1.68 bits per heavy atom. The Hall–Kier alpha value is -2.60. The van der Waals surface area contributed by atoms with Crippen LogP contribution in [0, 0.1) is 23.7 Å². The fraction of sp³-hybridized carbons (Fsp3) is 0.870. The highest BCUT2D eigenvalue weighted by atomic mass is 32.2. The second kappa shape index (κ2) is 11.5. The fourth-order valence-corrected chi connectivity index (χ4v) is 6.72. The van der Waals surface area contributed by atoms with E-state index in [2.05, 4.69) is 9.47 Å². The van der Waals surface area contributed by atoms with Gasteiger partial charge in [0.25, 0.3) is 0 Å². The largest absolute Gasteiger partial charge is 0.465 e. The number of alkyl halides is 12. The lowest BCUT2D eigenvalue weighted by atomic mass is 9.51. The molecule has 270 valence electrons. The summed E-state index contributed by atoms with van der Waals surface area (Å²) < 4.78 is 212. The first-order valence-electron chi connectivity index (χ1n) is 13.2. The minimum atomic E-state index is -6.28. The van der Waals surface area contributed by atoms with E-state index in [-0.39, 0.29) is 19.3 Å². The third-order valence-corrected chi connectivity index (χ3v) is 9.28. The van der Waals surface area contributed by atoms with Crippen molar-refractivity contribution in [1.29, 1.82) is 0 Å².